The molecule has 2 aromatic rings. The van der Waals surface area contributed by atoms with Crippen LogP contribution in [0.15, 0.2) is 43.9 Å². The molecule has 1 aliphatic carbocycles. The number of esters is 1. The molecule has 1 unspecified atom stereocenters. The van der Waals surface area contributed by atoms with Gasteiger partial charge in [-0.05, 0) is 31.4 Å². The molecule has 1 fully saturated rings. The van der Waals surface area contributed by atoms with Crippen molar-refractivity contribution in [2.45, 2.75) is 42.1 Å². The number of allylic oxidation sites excluding steroid dienone is 1. The van der Waals surface area contributed by atoms with E-state index < -0.39 is 5.97 Å². The number of thioether (sulfide) groups is 1. The summed E-state index contributed by atoms with van der Waals surface area (Å²) in [5, 5.41) is 1.37. The Morgan fingerprint density at radius 2 is 2.22 bits per heavy atom. The predicted octanol–water partition coefficient (Wildman–Crippen LogP) is 4.81. The number of nitrogens with zero attached hydrogens (tertiary/aromatic N) is 3. The van der Waals surface area contributed by atoms with E-state index in [0.717, 1.165) is 41.5 Å². The zero-order valence-electron chi connectivity index (χ0n) is 14.7. The fourth-order valence-corrected chi connectivity index (χ4v) is 3.97. The molecule has 0 saturated heterocycles. The number of halogens is 1. The normalized spacial score (nSPS) is 19.5. The lowest BCUT2D eigenvalue weighted by atomic mass is 9.85. The number of ether oxygens (including phenoxy) is 1. The SMILES string of the molecule is COC(=O)c1ccc(-c2nc(C3CCC3)oc2SC2CC=C(Cl)C=N2)cn1. The van der Waals surface area contributed by atoms with E-state index in [4.69, 9.17) is 25.7 Å². The molecule has 0 bridgehead atoms. The summed E-state index contributed by atoms with van der Waals surface area (Å²) < 4.78 is 10.8. The Kier molecular flexibility index (Phi) is 5.31. The minimum absolute atomic E-state index is 0.00394. The Morgan fingerprint density at radius 1 is 1.37 bits per heavy atom. The third-order valence-corrected chi connectivity index (χ3v) is 5.95. The highest BCUT2D eigenvalue weighted by Crippen LogP contribution is 2.42. The smallest absolute Gasteiger partial charge is 0.356 e. The molecule has 27 heavy (non-hydrogen) atoms. The van der Waals surface area contributed by atoms with Crippen LogP contribution in [0.4, 0.5) is 0 Å². The molecule has 0 radical (unpaired) electrons. The second-order valence-corrected chi connectivity index (χ2v) is 8.00. The topological polar surface area (TPSA) is 77.6 Å². The molecule has 0 spiro atoms. The van der Waals surface area contributed by atoms with Gasteiger partial charge in [-0.3, -0.25) is 4.99 Å². The molecule has 8 heteroatoms. The van der Waals surface area contributed by atoms with Gasteiger partial charge < -0.3 is 9.15 Å². The van der Waals surface area contributed by atoms with Crippen molar-refractivity contribution in [2.75, 3.05) is 7.11 Å². The summed E-state index contributed by atoms with van der Waals surface area (Å²) in [5.74, 6) is 0.681. The molecule has 2 aliphatic rings. The molecule has 2 aromatic heterocycles. The number of dihydropyridines is 1. The lowest BCUT2D eigenvalue weighted by Crippen LogP contribution is -2.08. The molecule has 1 saturated carbocycles. The minimum Gasteiger partial charge on any atom is -0.464 e. The fraction of sp³-hybridized carbons (Fsp3) is 0.368. The van der Waals surface area contributed by atoms with E-state index in [0.29, 0.717) is 11.0 Å². The van der Waals surface area contributed by atoms with Crippen LogP contribution in [0.3, 0.4) is 0 Å². The molecule has 1 aliphatic heterocycles. The van der Waals surface area contributed by atoms with Gasteiger partial charge in [-0.2, -0.15) is 0 Å². The summed E-state index contributed by atoms with van der Waals surface area (Å²) in [7, 11) is 1.33. The zero-order chi connectivity index (χ0) is 18.8. The van der Waals surface area contributed by atoms with Crippen LogP contribution in [0.25, 0.3) is 11.3 Å². The number of hydrogen-bond donors (Lipinski definition) is 0. The van der Waals surface area contributed by atoms with Crippen molar-refractivity contribution in [3.05, 3.63) is 41.0 Å². The number of aliphatic imine (C=N–C) groups is 1. The summed E-state index contributed by atoms with van der Waals surface area (Å²) in [4.78, 5) is 25.0. The number of hydrogen-bond acceptors (Lipinski definition) is 7. The summed E-state index contributed by atoms with van der Waals surface area (Å²) in [6.07, 6.45) is 9.38. The van der Waals surface area contributed by atoms with Gasteiger partial charge in [0.25, 0.3) is 0 Å². The lowest BCUT2D eigenvalue weighted by molar-refractivity contribution is 0.0594. The Balaban J connectivity index is 1.63. The van der Waals surface area contributed by atoms with E-state index in [1.54, 1.807) is 18.5 Å². The number of methoxy groups -OCH3 is 1. The Hall–Kier alpha value is -2.12. The standard InChI is InChI=1S/C19H18ClN3O3S/c1-25-18(24)14-7-5-12(9-21-14)16-19(26-17(23-16)11-3-2-4-11)27-15-8-6-13(20)10-22-15/h5-7,9-11,15H,2-4,8H2,1H3. The van der Waals surface area contributed by atoms with Crippen molar-refractivity contribution in [3.63, 3.8) is 0 Å². The first kappa shape index (κ1) is 18.3. The Labute approximate surface area is 166 Å². The van der Waals surface area contributed by atoms with E-state index in [1.165, 1.54) is 25.3 Å². The van der Waals surface area contributed by atoms with Gasteiger partial charge in [0, 0.05) is 23.9 Å². The minimum atomic E-state index is -0.466. The third kappa shape index (κ3) is 3.94. The first-order chi connectivity index (χ1) is 13.1. The third-order valence-electron chi connectivity index (χ3n) is 4.62. The lowest BCUT2D eigenvalue weighted by Gasteiger charge is -2.21. The Bertz CT molecular complexity index is 903. The van der Waals surface area contributed by atoms with Crippen molar-refractivity contribution in [1.29, 1.82) is 0 Å². The van der Waals surface area contributed by atoms with Crippen LogP contribution < -0.4 is 0 Å². The summed E-state index contributed by atoms with van der Waals surface area (Å²) in [5.41, 5.74) is 1.80. The quantitative estimate of drug-likeness (QED) is 0.667. The van der Waals surface area contributed by atoms with Crippen LogP contribution in [0, 0.1) is 0 Å². The second-order valence-electron chi connectivity index (χ2n) is 6.42. The van der Waals surface area contributed by atoms with Crippen LogP contribution in [0.2, 0.25) is 0 Å². The van der Waals surface area contributed by atoms with Crippen molar-refractivity contribution < 1.29 is 13.9 Å². The molecule has 6 nitrogen and oxygen atoms in total. The van der Waals surface area contributed by atoms with Crippen LogP contribution in [-0.2, 0) is 4.74 Å². The summed E-state index contributed by atoms with van der Waals surface area (Å²) >= 11 is 7.48. The largest absolute Gasteiger partial charge is 0.464 e. The van der Waals surface area contributed by atoms with Gasteiger partial charge in [-0.1, -0.05) is 35.9 Å². The molecule has 1 atom stereocenters. The molecular formula is C19H18ClN3O3S. The average Bonchev–Trinajstić information content (AvgIpc) is 3.04. The van der Waals surface area contributed by atoms with E-state index in [9.17, 15) is 4.79 Å². The van der Waals surface area contributed by atoms with Crippen molar-refractivity contribution in [2.24, 2.45) is 4.99 Å². The molecule has 3 heterocycles. The maximum Gasteiger partial charge on any atom is 0.356 e. The van der Waals surface area contributed by atoms with Gasteiger partial charge in [-0.15, -0.1) is 0 Å². The van der Waals surface area contributed by atoms with E-state index in [-0.39, 0.29) is 11.1 Å². The number of aromatic nitrogens is 2. The molecule has 0 N–H and O–H groups in total. The van der Waals surface area contributed by atoms with Gasteiger partial charge in [0.05, 0.1) is 12.1 Å². The number of rotatable bonds is 5. The summed E-state index contributed by atoms with van der Waals surface area (Å²) in [6.45, 7) is 0. The van der Waals surface area contributed by atoms with E-state index in [1.807, 2.05) is 12.1 Å². The van der Waals surface area contributed by atoms with Gasteiger partial charge in [0.1, 0.15) is 16.8 Å². The highest BCUT2D eigenvalue weighted by molar-refractivity contribution is 7.99. The van der Waals surface area contributed by atoms with Crippen LogP contribution in [0.5, 0.6) is 0 Å². The van der Waals surface area contributed by atoms with Gasteiger partial charge in [0.15, 0.2) is 11.0 Å². The monoisotopic (exact) mass is 403 g/mol. The highest BCUT2D eigenvalue weighted by Gasteiger charge is 2.28. The number of carbonyl (C=O) groups excluding carboxylic acids is 1. The van der Waals surface area contributed by atoms with Crippen LogP contribution >= 0.6 is 23.4 Å². The predicted molar refractivity (Wildman–Crippen MR) is 104 cm³/mol. The average molecular weight is 404 g/mol. The van der Waals surface area contributed by atoms with E-state index in [2.05, 4.69) is 9.98 Å². The highest BCUT2D eigenvalue weighted by atomic mass is 35.5. The Morgan fingerprint density at radius 3 is 2.81 bits per heavy atom. The van der Waals surface area contributed by atoms with Crippen molar-refractivity contribution in [3.8, 4) is 11.3 Å². The molecule has 0 amide bonds. The molecule has 0 aromatic carbocycles. The van der Waals surface area contributed by atoms with Crippen molar-refractivity contribution >= 4 is 35.5 Å². The number of oxazole rings is 1. The molecule has 4 rings (SSSR count). The first-order valence-corrected chi connectivity index (χ1v) is 10.0. The maximum absolute atomic E-state index is 11.6. The van der Waals surface area contributed by atoms with Gasteiger partial charge in [-0.25, -0.2) is 14.8 Å². The maximum atomic E-state index is 11.6. The zero-order valence-corrected chi connectivity index (χ0v) is 16.3. The van der Waals surface area contributed by atoms with Crippen LogP contribution in [0.1, 0.15) is 48.0 Å². The fourth-order valence-electron chi connectivity index (χ4n) is 2.86. The number of carbonyl (C=O) groups is 1. The van der Waals surface area contributed by atoms with Gasteiger partial charge >= 0.3 is 5.97 Å². The van der Waals surface area contributed by atoms with Gasteiger partial charge in [0.2, 0.25) is 0 Å². The van der Waals surface area contributed by atoms with Crippen LogP contribution in [-0.4, -0.2) is 34.6 Å². The summed E-state index contributed by atoms with van der Waals surface area (Å²) in [6, 6.07) is 3.45. The second kappa shape index (κ2) is 7.86. The van der Waals surface area contributed by atoms with Crippen molar-refractivity contribution in [1.82, 2.24) is 9.97 Å². The molecule has 140 valence electrons. The molecular weight excluding hydrogens is 386 g/mol. The first-order valence-electron chi connectivity index (χ1n) is 8.75. The van der Waals surface area contributed by atoms with E-state index >= 15 is 0 Å². The number of pyridine rings is 1.